The molecule has 0 aliphatic rings. The van der Waals surface area contributed by atoms with E-state index in [1.54, 1.807) is 6.92 Å². The molecule has 2 heterocycles. The fraction of sp³-hybridized carbons (Fsp3) is 0.154. The molecule has 0 radical (unpaired) electrons. The van der Waals surface area contributed by atoms with Gasteiger partial charge in [-0.2, -0.15) is 14.9 Å². The molecule has 3 rings (SSSR count). The van der Waals surface area contributed by atoms with Gasteiger partial charge in [-0.1, -0.05) is 23.4 Å². The molecule has 0 bridgehead atoms. The lowest BCUT2D eigenvalue weighted by Gasteiger charge is -1.99. The number of benzene rings is 1. The molecule has 8 nitrogen and oxygen atoms in total. The van der Waals surface area contributed by atoms with Gasteiger partial charge in [0.15, 0.2) is 11.5 Å². The fourth-order valence-corrected chi connectivity index (χ4v) is 1.71. The molecule has 3 aromatic rings. The molecule has 2 aromatic heterocycles. The number of aromatic nitrogens is 5. The Morgan fingerprint density at radius 2 is 2.14 bits per heavy atom. The van der Waals surface area contributed by atoms with Gasteiger partial charge < -0.3 is 9.84 Å². The summed E-state index contributed by atoms with van der Waals surface area (Å²) in [5.41, 5.74) is 0.999. The summed E-state index contributed by atoms with van der Waals surface area (Å²) >= 11 is 0. The first-order valence-corrected chi connectivity index (χ1v) is 6.27. The van der Waals surface area contributed by atoms with Gasteiger partial charge in [-0.25, -0.2) is 0 Å². The van der Waals surface area contributed by atoms with Crippen LogP contribution in [0, 0.1) is 6.92 Å². The van der Waals surface area contributed by atoms with Gasteiger partial charge in [-0.15, -0.1) is 5.10 Å². The molecular formula is C13H12N6O2. The molecule has 0 aliphatic carbocycles. The Labute approximate surface area is 119 Å². The largest absolute Gasteiger partial charge is 0.342 e. The highest BCUT2D eigenvalue weighted by Gasteiger charge is 2.12. The number of hydrogen-bond acceptors (Lipinski definition) is 6. The lowest BCUT2D eigenvalue weighted by molar-refractivity contribution is 0.0941. The van der Waals surface area contributed by atoms with Crippen LogP contribution in [-0.4, -0.2) is 31.0 Å². The van der Waals surface area contributed by atoms with Crippen molar-refractivity contribution in [3.05, 3.63) is 53.9 Å². The van der Waals surface area contributed by atoms with Crippen molar-refractivity contribution in [2.24, 2.45) is 0 Å². The normalized spacial score (nSPS) is 10.5. The third-order valence-corrected chi connectivity index (χ3v) is 2.68. The molecule has 0 spiro atoms. The van der Waals surface area contributed by atoms with Gasteiger partial charge >= 0.3 is 0 Å². The number of amides is 1. The molecule has 0 unspecified atom stereocenters. The minimum absolute atomic E-state index is 0.151. The highest BCUT2D eigenvalue weighted by Crippen LogP contribution is 2.04. The van der Waals surface area contributed by atoms with Crippen molar-refractivity contribution in [3.8, 4) is 5.69 Å². The maximum atomic E-state index is 12.0. The van der Waals surface area contributed by atoms with Crippen molar-refractivity contribution in [3.63, 3.8) is 0 Å². The van der Waals surface area contributed by atoms with E-state index in [9.17, 15) is 4.79 Å². The quantitative estimate of drug-likeness (QED) is 0.763. The maximum Gasteiger partial charge on any atom is 0.273 e. The van der Waals surface area contributed by atoms with Gasteiger partial charge in [0.05, 0.1) is 18.4 Å². The highest BCUT2D eigenvalue weighted by atomic mass is 16.5. The molecule has 21 heavy (non-hydrogen) atoms. The molecule has 1 aromatic carbocycles. The van der Waals surface area contributed by atoms with Gasteiger partial charge in [-0.3, -0.25) is 4.79 Å². The molecule has 0 atom stereocenters. The zero-order chi connectivity index (χ0) is 14.7. The van der Waals surface area contributed by atoms with Gasteiger partial charge in [-0.05, 0) is 19.1 Å². The Hall–Kier alpha value is -3.03. The predicted octanol–water partition coefficient (Wildman–Crippen LogP) is 0.889. The molecular weight excluding hydrogens is 272 g/mol. The van der Waals surface area contributed by atoms with E-state index >= 15 is 0 Å². The molecule has 106 valence electrons. The molecule has 0 saturated heterocycles. The molecule has 0 fully saturated rings. The summed E-state index contributed by atoms with van der Waals surface area (Å²) in [5, 5.41) is 14.5. The summed E-state index contributed by atoms with van der Waals surface area (Å²) in [4.78, 5) is 17.3. The first kappa shape index (κ1) is 13.0. The third kappa shape index (κ3) is 2.94. The van der Waals surface area contributed by atoms with E-state index in [0.29, 0.717) is 11.7 Å². The molecule has 0 saturated carbocycles. The van der Waals surface area contributed by atoms with Gasteiger partial charge in [0, 0.05) is 0 Å². The Morgan fingerprint density at radius 3 is 2.86 bits per heavy atom. The van der Waals surface area contributed by atoms with E-state index in [-0.39, 0.29) is 18.1 Å². The number of carbonyl (C=O) groups excluding carboxylic acids is 1. The van der Waals surface area contributed by atoms with Crippen LogP contribution in [0.25, 0.3) is 5.69 Å². The zero-order valence-corrected chi connectivity index (χ0v) is 11.2. The van der Waals surface area contributed by atoms with E-state index in [0.717, 1.165) is 5.69 Å². The second-order valence-electron chi connectivity index (χ2n) is 4.27. The van der Waals surface area contributed by atoms with Crippen molar-refractivity contribution >= 4 is 5.91 Å². The van der Waals surface area contributed by atoms with Crippen LogP contribution in [-0.2, 0) is 6.54 Å². The molecule has 1 N–H and O–H groups in total. The lowest BCUT2D eigenvalue weighted by Crippen LogP contribution is -2.23. The van der Waals surface area contributed by atoms with E-state index in [1.807, 2.05) is 30.3 Å². The Kier molecular flexibility index (Phi) is 3.42. The van der Waals surface area contributed by atoms with E-state index < -0.39 is 0 Å². The minimum atomic E-state index is -0.354. The van der Waals surface area contributed by atoms with Crippen molar-refractivity contribution in [2.75, 3.05) is 0 Å². The van der Waals surface area contributed by atoms with Crippen LogP contribution in [0.3, 0.4) is 0 Å². The first-order valence-electron chi connectivity index (χ1n) is 6.27. The smallest absolute Gasteiger partial charge is 0.273 e. The standard InChI is InChI=1S/C13H12N6O2/c1-9-16-12(21-18-9)8-14-13(20)11-7-15-19(17-11)10-5-3-2-4-6-10/h2-7H,8H2,1H3,(H,14,20). The Morgan fingerprint density at radius 1 is 1.33 bits per heavy atom. The summed E-state index contributed by atoms with van der Waals surface area (Å²) < 4.78 is 4.91. The van der Waals surface area contributed by atoms with E-state index in [4.69, 9.17) is 4.52 Å². The van der Waals surface area contributed by atoms with Crippen LogP contribution < -0.4 is 5.32 Å². The SMILES string of the molecule is Cc1noc(CNC(=O)c2cnn(-c3ccccc3)n2)n1. The second-order valence-corrected chi connectivity index (χ2v) is 4.27. The van der Waals surface area contributed by atoms with Crippen LogP contribution in [0.2, 0.25) is 0 Å². The predicted molar refractivity (Wildman–Crippen MR) is 71.6 cm³/mol. The summed E-state index contributed by atoms with van der Waals surface area (Å²) in [5.74, 6) is 0.513. The monoisotopic (exact) mass is 284 g/mol. The summed E-state index contributed by atoms with van der Waals surface area (Å²) in [6.07, 6.45) is 1.40. The van der Waals surface area contributed by atoms with Gasteiger partial charge in [0.2, 0.25) is 5.89 Å². The van der Waals surface area contributed by atoms with Gasteiger partial charge in [0.1, 0.15) is 0 Å². The average Bonchev–Trinajstić information content (AvgIpc) is 3.15. The fourth-order valence-electron chi connectivity index (χ4n) is 1.71. The Balaban J connectivity index is 1.67. The third-order valence-electron chi connectivity index (χ3n) is 2.68. The average molecular weight is 284 g/mol. The van der Waals surface area contributed by atoms with E-state index in [2.05, 4.69) is 25.7 Å². The summed E-state index contributed by atoms with van der Waals surface area (Å²) in [7, 11) is 0. The number of hydrogen-bond donors (Lipinski definition) is 1. The summed E-state index contributed by atoms with van der Waals surface area (Å²) in [6, 6.07) is 9.34. The zero-order valence-electron chi connectivity index (χ0n) is 11.2. The Bertz CT molecular complexity index is 749. The number of carbonyl (C=O) groups is 1. The number of aryl methyl sites for hydroxylation is 1. The van der Waals surface area contributed by atoms with E-state index in [1.165, 1.54) is 11.0 Å². The number of rotatable bonds is 4. The minimum Gasteiger partial charge on any atom is -0.342 e. The van der Waals surface area contributed by atoms with Crippen LogP contribution in [0.15, 0.2) is 41.1 Å². The highest BCUT2D eigenvalue weighted by molar-refractivity contribution is 5.91. The van der Waals surface area contributed by atoms with Crippen molar-refractivity contribution in [2.45, 2.75) is 13.5 Å². The lowest BCUT2D eigenvalue weighted by atomic mass is 10.3. The first-order chi connectivity index (χ1) is 10.2. The topological polar surface area (TPSA) is 98.7 Å². The van der Waals surface area contributed by atoms with Crippen LogP contribution in [0.1, 0.15) is 22.2 Å². The number of para-hydroxylation sites is 1. The summed E-state index contributed by atoms with van der Waals surface area (Å²) in [6.45, 7) is 1.86. The number of nitrogens with one attached hydrogen (secondary N) is 1. The van der Waals surface area contributed by atoms with Crippen LogP contribution in [0.4, 0.5) is 0 Å². The van der Waals surface area contributed by atoms with Crippen molar-refractivity contribution in [1.29, 1.82) is 0 Å². The van der Waals surface area contributed by atoms with Crippen LogP contribution >= 0.6 is 0 Å². The molecule has 1 amide bonds. The van der Waals surface area contributed by atoms with Crippen molar-refractivity contribution < 1.29 is 9.32 Å². The van der Waals surface area contributed by atoms with Gasteiger partial charge in [0.25, 0.3) is 5.91 Å². The second kappa shape index (κ2) is 5.53. The molecule has 8 heteroatoms. The molecule has 0 aliphatic heterocycles. The van der Waals surface area contributed by atoms with Crippen LogP contribution in [0.5, 0.6) is 0 Å². The number of nitrogens with zero attached hydrogens (tertiary/aromatic N) is 5. The maximum absolute atomic E-state index is 12.0. The van der Waals surface area contributed by atoms with Crippen molar-refractivity contribution in [1.82, 2.24) is 30.5 Å².